The van der Waals surface area contributed by atoms with E-state index in [1.54, 1.807) is 30.0 Å². The summed E-state index contributed by atoms with van der Waals surface area (Å²) in [5, 5.41) is 5.77. The Kier molecular flexibility index (Phi) is 6.46. The third-order valence-corrected chi connectivity index (χ3v) is 6.28. The predicted molar refractivity (Wildman–Crippen MR) is 123 cm³/mol. The average Bonchev–Trinajstić information content (AvgIpc) is 3.33. The number of H-pyrrole nitrogens is 1. The van der Waals surface area contributed by atoms with Gasteiger partial charge in [-0.15, -0.1) is 0 Å². The summed E-state index contributed by atoms with van der Waals surface area (Å²) in [7, 11) is 0. The predicted octanol–water partition coefficient (Wildman–Crippen LogP) is 3.42. The molecule has 0 aliphatic heterocycles. The van der Waals surface area contributed by atoms with Gasteiger partial charge in [-0.25, -0.2) is 4.79 Å². The Morgan fingerprint density at radius 2 is 2.10 bits per heavy atom. The molecular weight excluding hydrogens is 414 g/mol. The lowest BCUT2D eigenvalue weighted by Crippen LogP contribution is -2.44. The number of aryl methyl sites for hydroxylation is 1. The van der Waals surface area contributed by atoms with Gasteiger partial charge in [0.15, 0.2) is 5.58 Å². The Morgan fingerprint density at radius 1 is 1.26 bits per heavy atom. The molecule has 7 nitrogen and oxygen atoms in total. The monoisotopic (exact) mass is 439 g/mol. The van der Waals surface area contributed by atoms with Crippen molar-refractivity contribution < 1.29 is 14.0 Å². The van der Waals surface area contributed by atoms with Gasteiger partial charge in [0.2, 0.25) is 11.8 Å². The molecule has 1 heterocycles. The first kappa shape index (κ1) is 21.2. The molecule has 162 valence electrons. The molecule has 2 aromatic carbocycles. The highest BCUT2D eigenvalue weighted by Gasteiger charge is 2.27. The lowest BCUT2D eigenvalue weighted by molar-refractivity contribution is -0.126. The molecule has 4 rings (SSSR count). The van der Waals surface area contributed by atoms with Crippen LogP contribution in [0, 0.1) is 0 Å². The van der Waals surface area contributed by atoms with Gasteiger partial charge in [-0.05, 0) is 66.5 Å². The van der Waals surface area contributed by atoms with E-state index in [1.807, 2.05) is 18.4 Å². The molecule has 0 saturated heterocycles. The normalized spacial score (nSPS) is 16.1. The molecule has 3 N–H and O–H groups in total. The maximum absolute atomic E-state index is 12.9. The average molecular weight is 440 g/mol. The van der Waals surface area contributed by atoms with E-state index >= 15 is 0 Å². The van der Waals surface area contributed by atoms with Gasteiger partial charge in [0.25, 0.3) is 0 Å². The van der Waals surface area contributed by atoms with Crippen molar-refractivity contribution in [3.8, 4) is 0 Å². The Morgan fingerprint density at radius 3 is 2.94 bits per heavy atom. The van der Waals surface area contributed by atoms with Gasteiger partial charge in [0.1, 0.15) is 6.04 Å². The molecule has 0 radical (unpaired) electrons. The quantitative estimate of drug-likeness (QED) is 0.499. The molecular formula is C23H25N3O4S. The van der Waals surface area contributed by atoms with E-state index in [4.69, 9.17) is 4.42 Å². The summed E-state index contributed by atoms with van der Waals surface area (Å²) in [5.74, 6) is 0.00784. The van der Waals surface area contributed by atoms with Crippen molar-refractivity contribution in [3.05, 3.63) is 64.1 Å². The molecule has 2 atom stereocenters. The van der Waals surface area contributed by atoms with Crippen molar-refractivity contribution in [1.29, 1.82) is 0 Å². The summed E-state index contributed by atoms with van der Waals surface area (Å²) in [6, 6.07) is 12.5. The Bertz CT molecular complexity index is 1150. The maximum Gasteiger partial charge on any atom is 0.417 e. The zero-order valence-electron chi connectivity index (χ0n) is 17.3. The van der Waals surface area contributed by atoms with Gasteiger partial charge >= 0.3 is 5.76 Å². The number of oxazole rings is 1. The molecule has 3 aromatic rings. The smallest absolute Gasteiger partial charge is 0.408 e. The van der Waals surface area contributed by atoms with Crippen molar-refractivity contribution in [3.63, 3.8) is 0 Å². The molecule has 2 amide bonds. The van der Waals surface area contributed by atoms with Crippen LogP contribution >= 0.6 is 11.8 Å². The van der Waals surface area contributed by atoms with Gasteiger partial charge < -0.3 is 15.1 Å². The second-order valence-electron chi connectivity index (χ2n) is 7.75. The van der Waals surface area contributed by atoms with Crippen molar-refractivity contribution in [2.24, 2.45) is 0 Å². The van der Waals surface area contributed by atoms with Gasteiger partial charge in [-0.2, -0.15) is 11.8 Å². The lowest BCUT2D eigenvalue weighted by Gasteiger charge is -2.20. The number of amides is 2. The summed E-state index contributed by atoms with van der Waals surface area (Å²) in [6.07, 6.45) is 4.82. The number of nitrogens with one attached hydrogen (secondary N) is 3. The molecule has 31 heavy (non-hydrogen) atoms. The van der Waals surface area contributed by atoms with Crippen LogP contribution in [0.3, 0.4) is 0 Å². The molecule has 8 heteroatoms. The van der Waals surface area contributed by atoms with E-state index < -0.39 is 11.8 Å². The van der Waals surface area contributed by atoms with Gasteiger partial charge in [-0.3, -0.25) is 14.6 Å². The number of carbonyl (C=O) groups excluding carboxylic acids is 2. The van der Waals surface area contributed by atoms with Crippen LogP contribution in [0.5, 0.6) is 0 Å². The fourth-order valence-corrected chi connectivity index (χ4v) is 4.57. The number of carbonyl (C=O) groups is 2. The molecule has 1 aromatic heterocycles. The van der Waals surface area contributed by atoms with Crippen molar-refractivity contribution >= 4 is 40.4 Å². The number of rotatable bonds is 8. The summed E-state index contributed by atoms with van der Waals surface area (Å²) >= 11 is 1.63. The number of fused-ring (bicyclic) bond motifs is 2. The lowest BCUT2D eigenvalue weighted by atomic mass is 9.97. The number of hydrogen-bond acceptors (Lipinski definition) is 5. The number of aromatic nitrogens is 1. The van der Waals surface area contributed by atoms with E-state index in [9.17, 15) is 14.4 Å². The van der Waals surface area contributed by atoms with Crippen molar-refractivity contribution in [2.75, 3.05) is 17.3 Å². The van der Waals surface area contributed by atoms with Crippen LogP contribution in [0.25, 0.3) is 11.1 Å². The zero-order chi connectivity index (χ0) is 21.8. The third kappa shape index (κ3) is 5.02. The molecule has 0 saturated carbocycles. The van der Waals surface area contributed by atoms with E-state index in [1.165, 1.54) is 11.1 Å². The Hall–Kier alpha value is -3.00. The highest BCUT2D eigenvalue weighted by Crippen LogP contribution is 2.35. The standard InChI is InChI=1S/C23H25N3O4S/c1-31-11-10-18(22(28)24-16-8-9-20-19(13-16)26-23(29)30-20)25-21(27)12-15-7-6-14-4-2-3-5-17(14)15/h2-5,8-9,13,15,18H,6-7,10-12H2,1H3,(H,24,28)(H,25,27)(H,26,29). The molecule has 1 aliphatic rings. The largest absolute Gasteiger partial charge is 0.417 e. The molecule has 1 aliphatic carbocycles. The number of hydrogen-bond donors (Lipinski definition) is 3. The van der Waals surface area contributed by atoms with E-state index in [-0.39, 0.29) is 17.7 Å². The number of thioether (sulfide) groups is 1. The first-order valence-corrected chi connectivity index (χ1v) is 11.7. The molecule has 0 fully saturated rings. The van der Waals surface area contributed by atoms with E-state index in [0.29, 0.717) is 29.6 Å². The minimum atomic E-state index is -0.629. The third-order valence-electron chi connectivity index (χ3n) is 5.64. The summed E-state index contributed by atoms with van der Waals surface area (Å²) in [5.41, 5.74) is 4.01. The topological polar surface area (TPSA) is 104 Å². The van der Waals surface area contributed by atoms with Crippen LogP contribution in [0.1, 0.15) is 36.3 Å². The fraction of sp³-hybridized carbons (Fsp3) is 0.348. The second-order valence-corrected chi connectivity index (χ2v) is 8.74. The highest BCUT2D eigenvalue weighted by atomic mass is 32.2. The summed E-state index contributed by atoms with van der Waals surface area (Å²) < 4.78 is 4.99. The van der Waals surface area contributed by atoms with Crippen molar-refractivity contribution in [2.45, 2.75) is 37.6 Å². The minimum absolute atomic E-state index is 0.113. The molecule has 0 bridgehead atoms. The van der Waals surface area contributed by atoms with E-state index in [2.05, 4.69) is 27.8 Å². The van der Waals surface area contributed by atoms with Gasteiger partial charge in [0.05, 0.1) is 5.52 Å². The molecule has 2 unspecified atom stereocenters. The first-order valence-electron chi connectivity index (χ1n) is 10.3. The van der Waals surface area contributed by atoms with Crippen LogP contribution in [-0.2, 0) is 16.0 Å². The number of aromatic amines is 1. The number of benzene rings is 2. The number of anilines is 1. The SMILES string of the molecule is CSCCC(NC(=O)CC1CCc2ccccc21)C(=O)Nc1ccc2oc(=O)[nH]c2c1. The Labute approximate surface area is 184 Å². The second kappa shape index (κ2) is 9.43. The van der Waals surface area contributed by atoms with Gasteiger partial charge in [0, 0.05) is 12.1 Å². The zero-order valence-corrected chi connectivity index (χ0v) is 18.1. The highest BCUT2D eigenvalue weighted by molar-refractivity contribution is 7.98. The fourth-order valence-electron chi connectivity index (χ4n) is 4.10. The molecule has 0 spiro atoms. The van der Waals surface area contributed by atoms with Crippen LogP contribution in [0.15, 0.2) is 51.7 Å². The van der Waals surface area contributed by atoms with Crippen LogP contribution in [-0.4, -0.2) is 34.8 Å². The Balaban J connectivity index is 1.41. The van der Waals surface area contributed by atoms with Crippen LogP contribution in [0.4, 0.5) is 5.69 Å². The van der Waals surface area contributed by atoms with Crippen molar-refractivity contribution in [1.82, 2.24) is 10.3 Å². The summed E-state index contributed by atoms with van der Waals surface area (Å²) in [6.45, 7) is 0. The van der Waals surface area contributed by atoms with E-state index in [0.717, 1.165) is 18.6 Å². The minimum Gasteiger partial charge on any atom is -0.408 e. The van der Waals surface area contributed by atoms with Crippen LogP contribution in [0.2, 0.25) is 0 Å². The van der Waals surface area contributed by atoms with Crippen LogP contribution < -0.4 is 16.4 Å². The maximum atomic E-state index is 12.9. The first-order chi connectivity index (χ1) is 15.0. The summed E-state index contributed by atoms with van der Waals surface area (Å²) in [4.78, 5) is 39.6. The van der Waals surface area contributed by atoms with Gasteiger partial charge in [-0.1, -0.05) is 24.3 Å².